The van der Waals surface area contributed by atoms with Crippen molar-refractivity contribution in [2.75, 3.05) is 6.54 Å². The fourth-order valence-electron chi connectivity index (χ4n) is 1.12. The van der Waals surface area contributed by atoms with Crippen LogP contribution in [0.1, 0.15) is 11.1 Å². The van der Waals surface area contributed by atoms with E-state index in [2.05, 4.69) is 0 Å². The summed E-state index contributed by atoms with van der Waals surface area (Å²) in [6.07, 6.45) is 0. The second kappa shape index (κ2) is 5.09. The number of benzene rings is 1. The second-order valence-corrected chi connectivity index (χ2v) is 3.14. The molecule has 0 radical (unpaired) electrons. The molecule has 15 heavy (non-hydrogen) atoms. The van der Waals surface area contributed by atoms with Crippen molar-refractivity contribution < 1.29 is 14.5 Å². The molecule has 0 aromatic heterocycles. The van der Waals surface area contributed by atoms with Crippen LogP contribution in [0.2, 0.25) is 0 Å². The van der Waals surface area contributed by atoms with Gasteiger partial charge in [-0.05, 0) is 12.5 Å². The Labute approximate surface area is 86.8 Å². The van der Waals surface area contributed by atoms with E-state index in [0.29, 0.717) is 0 Å². The predicted molar refractivity (Wildman–Crippen MR) is 52.8 cm³/mol. The van der Waals surface area contributed by atoms with E-state index in [0.717, 1.165) is 11.1 Å². The summed E-state index contributed by atoms with van der Waals surface area (Å²) in [6.45, 7) is 1.21. The van der Waals surface area contributed by atoms with Crippen LogP contribution in [0.15, 0.2) is 24.3 Å². The molecule has 5 heteroatoms. The Bertz CT molecular complexity index is 375. The lowest BCUT2D eigenvalue weighted by atomic mass is 10.1. The van der Waals surface area contributed by atoms with Crippen LogP contribution >= 0.6 is 0 Å². The van der Waals surface area contributed by atoms with Gasteiger partial charge in [0.25, 0.3) is 6.54 Å². The van der Waals surface area contributed by atoms with Crippen molar-refractivity contribution >= 4 is 5.97 Å². The van der Waals surface area contributed by atoms with E-state index < -0.39 is 17.4 Å². The van der Waals surface area contributed by atoms with Crippen molar-refractivity contribution in [3.05, 3.63) is 45.5 Å². The molecule has 0 unspecified atom stereocenters. The van der Waals surface area contributed by atoms with Crippen molar-refractivity contribution in [3.8, 4) is 0 Å². The highest BCUT2D eigenvalue weighted by atomic mass is 16.6. The average molecular weight is 209 g/mol. The first-order valence-electron chi connectivity index (χ1n) is 4.41. The zero-order valence-corrected chi connectivity index (χ0v) is 8.30. The highest BCUT2D eigenvalue weighted by Crippen LogP contribution is 2.05. The first-order chi connectivity index (χ1) is 7.08. The third-order valence-electron chi connectivity index (χ3n) is 1.74. The lowest BCUT2D eigenvalue weighted by molar-refractivity contribution is -0.470. The maximum Gasteiger partial charge on any atom is 0.378 e. The quantitative estimate of drug-likeness (QED) is 0.426. The number of esters is 1. The number of hydrogen-bond donors (Lipinski definition) is 0. The van der Waals surface area contributed by atoms with Crippen LogP contribution in [-0.2, 0) is 16.1 Å². The Morgan fingerprint density at radius 3 is 2.87 bits per heavy atom. The molecule has 0 aliphatic heterocycles. The van der Waals surface area contributed by atoms with Gasteiger partial charge in [0.15, 0.2) is 0 Å². The molecule has 0 fully saturated rings. The van der Waals surface area contributed by atoms with Gasteiger partial charge in [-0.25, -0.2) is 4.79 Å². The minimum Gasteiger partial charge on any atom is -0.456 e. The van der Waals surface area contributed by atoms with Crippen molar-refractivity contribution in [2.45, 2.75) is 13.5 Å². The summed E-state index contributed by atoms with van der Waals surface area (Å²) in [5.41, 5.74) is 1.88. The van der Waals surface area contributed by atoms with E-state index in [1.165, 1.54) is 0 Å². The summed E-state index contributed by atoms with van der Waals surface area (Å²) in [6, 6.07) is 7.42. The Hall–Kier alpha value is -1.91. The molecule has 1 aromatic carbocycles. The molecule has 0 heterocycles. The zero-order chi connectivity index (χ0) is 11.3. The number of nitro groups is 1. The van der Waals surface area contributed by atoms with Gasteiger partial charge in [0.1, 0.15) is 6.61 Å². The van der Waals surface area contributed by atoms with Crippen molar-refractivity contribution in [3.63, 3.8) is 0 Å². The summed E-state index contributed by atoms with van der Waals surface area (Å²) < 4.78 is 4.71. The van der Waals surface area contributed by atoms with E-state index in [1.807, 2.05) is 25.1 Å². The third-order valence-corrected chi connectivity index (χ3v) is 1.74. The summed E-state index contributed by atoms with van der Waals surface area (Å²) in [5.74, 6) is -0.818. The molecule has 5 nitrogen and oxygen atoms in total. The predicted octanol–water partition coefficient (Wildman–Crippen LogP) is 1.31. The van der Waals surface area contributed by atoms with Crippen LogP contribution in [0.4, 0.5) is 0 Å². The first-order valence-corrected chi connectivity index (χ1v) is 4.41. The topological polar surface area (TPSA) is 69.4 Å². The second-order valence-electron chi connectivity index (χ2n) is 3.14. The fourth-order valence-corrected chi connectivity index (χ4v) is 1.12. The van der Waals surface area contributed by atoms with Gasteiger partial charge >= 0.3 is 5.97 Å². The molecule has 1 aromatic rings. The Kier molecular flexibility index (Phi) is 3.79. The molecule has 0 aliphatic rings. The molecular weight excluding hydrogens is 198 g/mol. The third kappa shape index (κ3) is 4.21. The fraction of sp³-hybridized carbons (Fsp3) is 0.300. The summed E-state index contributed by atoms with van der Waals surface area (Å²) in [7, 11) is 0. The number of rotatable bonds is 4. The summed E-state index contributed by atoms with van der Waals surface area (Å²) in [4.78, 5) is 20.1. The van der Waals surface area contributed by atoms with Crippen LogP contribution in [-0.4, -0.2) is 17.4 Å². The van der Waals surface area contributed by atoms with Crippen LogP contribution in [0.25, 0.3) is 0 Å². The van der Waals surface area contributed by atoms with E-state index in [9.17, 15) is 14.9 Å². The van der Waals surface area contributed by atoms with Gasteiger partial charge < -0.3 is 4.74 Å². The Balaban J connectivity index is 2.43. The lowest BCUT2D eigenvalue weighted by Crippen LogP contribution is -2.16. The molecule has 0 aliphatic carbocycles. The summed E-state index contributed by atoms with van der Waals surface area (Å²) >= 11 is 0. The van der Waals surface area contributed by atoms with Gasteiger partial charge in [-0.2, -0.15) is 0 Å². The molecular formula is C10H11NO4. The number of nitrogens with zero attached hydrogens (tertiary/aromatic N) is 1. The van der Waals surface area contributed by atoms with E-state index in [1.54, 1.807) is 6.07 Å². The van der Waals surface area contributed by atoms with E-state index in [-0.39, 0.29) is 6.61 Å². The van der Waals surface area contributed by atoms with Crippen LogP contribution < -0.4 is 0 Å². The van der Waals surface area contributed by atoms with Crippen LogP contribution in [0, 0.1) is 17.0 Å². The molecule has 0 bridgehead atoms. The molecule has 0 saturated heterocycles. The van der Waals surface area contributed by atoms with Crippen molar-refractivity contribution in [1.82, 2.24) is 0 Å². The smallest absolute Gasteiger partial charge is 0.378 e. The number of hydrogen-bond acceptors (Lipinski definition) is 4. The Morgan fingerprint density at radius 2 is 2.27 bits per heavy atom. The molecule has 0 spiro atoms. The molecule has 1 rings (SSSR count). The minimum absolute atomic E-state index is 0.0777. The van der Waals surface area contributed by atoms with Gasteiger partial charge in [-0.15, -0.1) is 0 Å². The van der Waals surface area contributed by atoms with Crippen molar-refractivity contribution in [2.24, 2.45) is 0 Å². The molecule has 0 saturated carbocycles. The molecule has 0 amide bonds. The minimum atomic E-state index is -0.818. The SMILES string of the molecule is Cc1cccc(COC(=O)C[N+](=O)[O-])c1. The normalized spacial score (nSPS) is 9.67. The average Bonchev–Trinajstić information content (AvgIpc) is 2.14. The molecule has 0 N–H and O–H groups in total. The molecule has 0 atom stereocenters. The summed E-state index contributed by atoms with van der Waals surface area (Å²) in [5, 5.41) is 9.98. The van der Waals surface area contributed by atoms with Crippen molar-refractivity contribution in [1.29, 1.82) is 0 Å². The first kappa shape index (κ1) is 11.2. The van der Waals surface area contributed by atoms with Gasteiger partial charge in [0.2, 0.25) is 0 Å². The van der Waals surface area contributed by atoms with Gasteiger partial charge in [0, 0.05) is 4.92 Å². The lowest BCUT2D eigenvalue weighted by Gasteiger charge is -2.02. The number of ether oxygens (including phenoxy) is 1. The van der Waals surface area contributed by atoms with Crippen LogP contribution in [0.3, 0.4) is 0 Å². The zero-order valence-electron chi connectivity index (χ0n) is 8.30. The Morgan fingerprint density at radius 1 is 1.53 bits per heavy atom. The van der Waals surface area contributed by atoms with Crippen LogP contribution in [0.5, 0.6) is 0 Å². The van der Waals surface area contributed by atoms with E-state index >= 15 is 0 Å². The van der Waals surface area contributed by atoms with Gasteiger partial charge in [0.05, 0.1) is 0 Å². The van der Waals surface area contributed by atoms with Gasteiger partial charge in [-0.1, -0.05) is 29.8 Å². The standard InChI is InChI=1S/C10H11NO4/c1-8-3-2-4-9(5-8)7-15-10(12)6-11(13)14/h2-5H,6-7H2,1H3. The van der Waals surface area contributed by atoms with Gasteiger partial charge in [-0.3, -0.25) is 10.1 Å². The maximum atomic E-state index is 10.8. The molecule has 80 valence electrons. The maximum absolute atomic E-state index is 10.8. The number of carbonyl (C=O) groups is 1. The van der Waals surface area contributed by atoms with E-state index in [4.69, 9.17) is 4.74 Å². The number of aryl methyl sites for hydroxylation is 1. The number of carbonyl (C=O) groups excluding carboxylic acids is 1. The highest BCUT2D eigenvalue weighted by Gasteiger charge is 2.10. The largest absolute Gasteiger partial charge is 0.456 e. The monoisotopic (exact) mass is 209 g/mol. The highest BCUT2D eigenvalue weighted by molar-refractivity contribution is 5.70.